The first-order chi connectivity index (χ1) is 15.6. The molecule has 3 heterocycles. The second-order valence-electron chi connectivity index (χ2n) is 8.24. The van der Waals surface area contributed by atoms with Gasteiger partial charge in [0.15, 0.2) is 17.1 Å². The molecule has 0 aliphatic heterocycles. The van der Waals surface area contributed by atoms with Crippen LogP contribution in [0.5, 0.6) is 11.5 Å². The lowest BCUT2D eigenvalue weighted by molar-refractivity contribution is 0.0659. The maximum Gasteiger partial charge on any atom is 0.162 e. The molecule has 168 valence electrons. The molecule has 4 aromatic rings. The lowest BCUT2D eigenvalue weighted by Gasteiger charge is -2.34. The second kappa shape index (κ2) is 8.60. The molecule has 1 aliphatic rings. The van der Waals surface area contributed by atoms with Crippen LogP contribution in [0.2, 0.25) is 0 Å². The van der Waals surface area contributed by atoms with Gasteiger partial charge >= 0.3 is 0 Å². The van der Waals surface area contributed by atoms with Crippen LogP contribution >= 0.6 is 11.3 Å². The summed E-state index contributed by atoms with van der Waals surface area (Å²) in [6.45, 7) is 0. The number of aromatic nitrogens is 3. The van der Waals surface area contributed by atoms with Gasteiger partial charge in [-0.2, -0.15) is 0 Å². The average molecular weight is 453 g/mol. The normalized spacial score (nSPS) is 18.9. The van der Waals surface area contributed by atoms with Crippen LogP contribution in [0.25, 0.3) is 26.3 Å². The van der Waals surface area contributed by atoms with Gasteiger partial charge in [0.25, 0.3) is 0 Å². The summed E-state index contributed by atoms with van der Waals surface area (Å²) in [6, 6.07) is 10.8. The predicted octanol–water partition coefficient (Wildman–Crippen LogP) is 5.02. The number of benzene rings is 1. The molecule has 0 unspecified atom stereocenters. The number of imidazole rings is 1. The van der Waals surface area contributed by atoms with Gasteiger partial charge in [-0.1, -0.05) is 0 Å². The molecule has 1 saturated carbocycles. The Morgan fingerprint density at radius 2 is 1.75 bits per heavy atom. The molecule has 0 saturated heterocycles. The highest BCUT2D eigenvalue weighted by atomic mass is 32.1. The molecule has 0 spiro atoms. The van der Waals surface area contributed by atoms with Crippen LogP contribution in [0.15, 0.2) is 36.5 Å². The Morgan fingerprint density at radius 1 is 1.00 bits per heavy atom. The summed E-state index contributed by atoms with van der Waals surface area (Å²) in [5.41, 5.74) is 1.82. The molecule has 7 nitrogen and oxygen atoms in total. The summed E-state index contributed by atoms with van der Waals surface area (Å²) < 4.78 is 19.5. The molecule has 3 aromatic heterocycles. The SMILES string of the molecule is COc1cc2cc(-c3cnc4ccc(N(C)[C@H]5CC[C@H](OC)CC5)nn34)sc2cc1OC. The highest BCUT2D eigenvalue weighted by molar-refractivity contribution is 7.22. The molecular formula is C24H28N4O3S. The van der Waals surface area contributed by atoms with Crippen molar-refractivity contribution in [2.45, 2.75) is 37.8 Å². The molecule has 8 heteroatoms. The number of methoxy groups -OCH3 is 3. The molecule has 32 heavy (non-hydrogen) atoms. The van der Waals surface area contributed by atoms with Crippen LogP contribution in [0.4, 0.5) is 5.82 Å². The van der Waals surface area contributed by atoms with E-state index < -0.39 is 0 Å². The van der Waals surface area contributed by atoms with E-state index in [-0.39, 0.29) is 0 Å². The third-order valence-corrected chi connectivity index (χ3v) is 7.63. The Bertz CT molecular complexity index is 1200. The van der Waals surface area contributed by atoms with Crippen LogP contribution in [-0.2, 0) is 4.74 Å². The monoisotopic (exact) mass is 452 g/mol. The van der Waals surface area contributed by atoms with E-state index in [4.69, 9.17) is 19.3 Å². The number of hydrogen-bond acceptors (Lipinski definition) is 7. The number of rotatable bonds is 6. The van der Waals surface area contributed by atoms with E-state index in [2.05, 4.69) is 29.1 Å². The van der Waals surface area contributed by atoms with Crippen molar-refractivity contribution in [2.75, 3.05) is 33.3 Å². The molecule has 0 atom stereocenters. The van der Waals surface area contributed by atoms with Gasteiger partial charge in [-0.3, -0.25) is 0 Å². The van der Waals surface area contributed by atoms with E-state index in [1.807, 2.05) is 36.0 Å². The fraction of sp³-hybridized carbons (Fsp3) is 0.417. The Hall–Kier alpha value is -2.84. The van der Waals surface area contributed by atoms with Gasteiger partial charge in [-0.15, -0.1) is 16.4 Å². The van der Waals surface area contributed by atoms with Gasteiger partial charge in [-0.25, -0.2) is 9.50 Å². The zero-order chi connectivity index (χ0) is 22.2. The standard InChI is InChI=1S/C24H28N4O3S/c1-27(16-5-7-17(29-2)8-6-16)24-10-9-23-25-14-18(28(23)26-24)22-12-15-11-19(30-3)20(31-4)13-21(15)32-22/h9-14,16-17H,5-8H2,1-4H3/t16-,17-. The molecule has 1 fully saturated rings. The zero-order valence-corrected chi connectivity index (χ0v) is 19.7. The summed E-state index contributed by atoms with van der Waals surface area (Å²) in [7, 11) is 7.27. The summed E-state index contributed by atoms with van der Waals surface area (Å²) in [5, 5.41) is 6.08. The van der Waals surface area contributed by atoms with Crippen molar-refractivity contribution in [1.82, 2.24) is 14.6 Å². The van der Waals surface area contributed by atoms with E-state index in [0.717, 1.165) is 69.3 Å². The first kappa shape index (κ1) is 21.0. The number of fused-ring (bicyclic) bond motifs is 2. The number of ether oxygens (including phenoxy) is 3. The van der Waals surface area contributed by atoms with E-state index in [1.165, 1.54) is 0 Å². The summed E-state index contributed by atoms with van der Waals surface area (Å²) in [5.74, 6) is 2.42. The van der Waals surface area contributed by atoms with Gasteiger partial charge in [-0.05, 0) is 55.3 Å². The Labute approximate surface area is 191 Å². The van der Waals surface area contributed by atoms with Crippen LogP contribution in [-0.4, -0.2) is 55.1 Å². The minimum atomic E-state index is 0.389. The highest BCUT2D eigenvalue weighted by Crippen LogP contribution is 2.40. The molecule has 5 rings (SSSR count). The summed E-state index contributed by atoms with van der Waals surface area (Å²) in [6.07, 6.45) is 6.71. The zero-order valence-electron chi connectivity index (χ0n) is 18.9. The van der Waals surface area contributed by atoms with Crippen molar-refractivity contribution in [3.8, 4) is 22.1 Å². The van der Waals surface area contributed by atoms with Gasteiger partial charge in [0.05, 0.1) is 31.4 Å². The number of anilines is 1. The first-order valence-corrected chi connectivity index (χ1v) is 11.7. The van der Waals surface area contributed by atoms with Crippen molar-refractivity contribution in [2.24, 2.45) is 0 Å². The van der Waals surface area contributed by atoms with Crippen molar-refractivity contribution < 1.29 is 14.2 Å². The van der Waals surface area contributed by atoms with E-state index >= 15 is 0 Å². The first-order valence-electron chi connectivity index (χ1n) is 10.9. The molecule has 0 amide bonds. The molecule has 1 aliphatic carbocycles. The van der Waals surface area contributed by atoms with Crippen LogP contribution in [0.3, 0.4) is 0 Å². The predicted molar refractivity (Wildman–Crippen MR) is 128 cm³/mol. The van der Waals surface area contributed by atoms with Crippen molar-refractivity contribution >= 4 is 32.9 Å². The van der Waals surface area contributed by atoms with Crippen LogP contribution in [0.1, 0.15) is 25.7 Å². The molecular weight excluding hydrogens is 424 g/mol. The van der Waals surface area contributed by atoms with Crippen molar-refractivity contribution in [3.05, 3.63) is 36.5 Å². The molecule has 0 radical (unpaired) electrons. The lowest BCUT2D eigenvalue weighted by Crippen LogP contribution is -2.37. The van der Waals surface area contributed by atoms with Gasteiger partial charge < -0.3 is 19.1 Å². The Morgan fingerprint density at radius 3 is 2.47 bits per heavy atom. The van der Waals surface area contributed by atoms with Gasteiger partial charge in [0, 0.05) is 31.0 Å². The molecule has 0 bridgehead atoms. The van der Waals surface area contributed by atoms with E-state index in [1.54, 1.807) is 25.6 Å². The quantitative estimate of drug-likeness (QED) is 0.409. The van der Waals surface area contributed by atoms with Crippen molar-refractivity contribution in [1.29, 1.82) is 0 Å². The number of nitrogens with zero attached hydrogens (tertiary/aromatic N) is 4. The Kier molecular flexibility index (Phi) is 5.65. The number of hydrogen-bond donors (Lipinski definition) is 0. The largest absolute Gasteiger partial charge is 0.493 e. The minimum Gasteiger partial charge on any atom is -0.493 e. The Balaban J connectivity index is 1.49. The number of thiophene rings is 1. The maximum atomic E-state index is 5.53. The summed E-state index contributed by atoms with van der Waals surface area (Å²) >= 11 is 1.70. The topological polar surface area (TPSA) is 61.1 Å². The van der Waals surface area contributed by atoms with E-state index in [0.29, 0.717) is 12.1 Å². The van der Waals surface area contributed by atoms with Gasteiger partial charge in [0.1, 0.15) is 11.5 Å². The summed E-state index contributed by atoms with van der Waals surface area (Å²) in [4.78, 5) is 8.00. The average Bonchev–Trinajstić information content (AvgIpc) is 3.45. The molecule has 1 aromatic carbocycles. The second-order valence-corrected chi connectivity index (χ2v) is 9.32. The van der Waals surface area contributed by atoms with Crippen LogP contribution < -0.4 is 14.4 Å². The van der Waals surface area contributed by atoms with Gasteiger partial charge in [0.2, 0.25) is 0 Å². The highest BCUT2D eigenvalue weighted by Gasteiger charge is 2.25. The fourth-order valence-corrected chi connectivity index (χ4v) is 5.64. The van der Waals surface area contributed by atoms with Crippen LogP contribution in [0, 0.1) is 0 Å². The third-order valence-electron chi connectivity index (χ3n) is 6.51. The van der Waals surface area contributed by atoms with E-state index in [9.17, 15) is 0 Å². The smallest absolute Gasteiger partial charge is 0.162 e. The maximum absolute atomic E-state index is 5.53. The molecule has 0 N–H and O–H groups in total. The minimum absolute atomic E-state index is 0.389. The third kappa shape index (κ3) is 3.67. The van der Waals surface area contributed by atoms with Crippen molar-refractivity contribution in [3.63, 3.8) is 0 Å². The lowest BCUT2D eigenvalue weighted by atomic mass is 9.92. The fourth-order valence-electron chi connectivity index (χ4n) is 4.57.